The molecule has 1 aliphatic heterocycles. The first-order valence-corrected chi connectivity index (χ1v) is 8.58. The number of para-hydroxylation sites is 1. The van der Waals surface area contributed by atoms with E-state index in [9.17, 15) is 14.4 Å². The highest BCUT2D eigenvalue weighted by molar-refractivity contribution is 8.01. The molecular weight excluding hydrogens is 334 g/mol. The average molecular weight is 347 g/mol. The molecule has 0 fully saturated rings. The molecule has 0 saturated heterocycles. The van der Waals surface area contributed by atoms with Gasteiger partial charge in [-0.2, -0.15) is 0 Å². The zero-order valence-electron chi connectivity index (χ0n) is 11.9. The smallest absolute Gasteiger partial charge is 0.279 e. The maximum atomic E-state index is 12.0. The van der Waals surface area contributed by atoms with Gasteiger partial charge in [-0.05, 0) is 23.6 Å². The molecule has 0 radical (unpaired) electrons. The van der Waals surface area contributed by atoms with Gasteiger partial charge >= 0.3 is 0 Å². The van der Waals surface area contributed by atoms with Crippen LogP contribution in [0.25, 0.3) is 0 Å². The van der Waals surface area contributed by atoms with Crippen molar-refractivity contribution in [2.24, 2.45) is 0 Å². The van der Waals surface area contributed by atoms with Crippen LogP contribution in [0, 0.1) is 0 Å². The lowest BCUT2D eigenvalue weighted by Gasteiger charge is -2.23. The molecule has 8 heteroatoms. The molecule has 1 aliphatic rings. The van der Waals surface area contributed by atoms with E-state index in [1.54, 1.807) is 17.5 Å². The van der Waals surface area contributed by atoms with Crippen molar-refractivity contribution >= 4 is 46.5 Å². The van der Waals surface area contributed by atoms with E-state index in [4.69, 9.17) is 0 Å². The summed E-state index contributed by atoms with van der Waals surface area (Å²) >= 11 is 2.62. The number of amides is 3. The van der Waals surface area contributed by atoms with Gasteiger partial charge in [0.15, 0.2) is 0 Å². The molecule has 0 bridgehead atoms. The zero-order valence-corrected chi connectivity index (χ0v) is 13.5. The van der Waals surface area contributed by atoms with E-state index in [2.05, 4.69) is 16.2 Å². The van der Waals surface area contributed by atoms with E-state index in [0.29, 0.717) is 4.88 Å². The SMILES string of the molecule is O=C(C[C@H]1Sc2ccccc2NC1=O)NNC(=O)c1cccs1. The van der Waals surface area contributed by atoms with Crippen LogP contribution in [0.3, 0.4) is 0 Å². The van der Waals surface area contributed by atoms with Gasteiger partial charge in [-0.3, -0.25) is 25.2 Å². The van der Waals surface area contributed by atoms with Gasteiger partial charge < -0.3 is 5.32 Å². The minimum atomic E-state index is -0.525. The number of hydrogen-bond donors (Lipinski definition) is 3. The topological polar surface area (TPSA) is 87.3 Å². The van der Waals surface area contributed by atoms with Crippen molar-refractivity contribution in [2.75, 3.05) is 5.32 Å². The second kappa shape index (κ2) is 6.84. The zero-order chi connectivity index (χ0) is 16.2. The number of thiophene rings is 1. The van der Waals surface area contributed by atoms with Crippen LogP contribution in [0.2, 0.25) is 0 Å². The summed E-state index contributed by atoms with van der Waals surface area (Å²) in [5.74, 6) is -1.00. The first kappa shape index (κ1) is 15.6. The summed E-state index contributed by atoms with van der Waals surface area (Å²) in [6.45, 7) is 0. The van der Waals surface area contributed by atoms with E-state index < -0.39 is 11.2 Å². The van der Waals surface area contributed by atoms with Gasteiger partial charge in [0.2, 0.25) is 11.8 Å². The van der Waals surface area contributed by atoms with Crippen LogP contribution in [0.5, 0.6) is 0 Å². The maximum Gasteiger partial charge on any atom is 0.279 e. The van der Waals surface area contributed by atoms with E-state index in [1.807, 2.05) is 24.3 Å². The molecule has 1 aromatic carbocycles. The van der Waals surface area contributed by atoms with Gasteiger partial charge in [0, 0.05) is 11.3 Å². The number of benzene rings is 1. The Labute approximate surface area is 140 Å². The number of anilines is 1. The largest absolute Gasteiger partial charge is 0.324 e. The van der Waals surface area contributed by atoms with Crippen LogP contribution in [-0.4, -0.2) is 23.0 Å². The van der Waals surface area contributed by atoms with Crippen LogP contribution in [0.4, 0.5) is 5.69 Å². The molecular formula is C15H13N3O3S2. The van der Waals surface area contributed by atoms with Crippen molar-refractivity contribution in [1.29, 1.82) is 0 Å². The van der Waals surface area contributed by atoms with E-state index in [-0.39, 0.29) is 18.2 Å². The second-order valence-corrected chi connectivity index (χ2v) is 6.97. The molecule has 2 heterocycles. The summed E-state index contributed by atoms with van der Waals surface area (Å²) < 4.78 is 0. The third kappa shape index (κ3) is 3.72. The molecule has 0 spiro atoms. The van der Waals surface area contributed by atoms with Crippen LogP contribution in [0.1, 0.15) is 16.1 Å². The Hall–Kier alpha value is -2.32. The molecule has 118 valence electrons. The number of hydrazine groups is 1. The third-order valence-corrected chi connectivity index (χ3v) is 5.28. The highest BCUT2D eigenvalue weighted by Crippen LogP contribution is 2.36. The molecule has 0 saturated carbocycles. The molecule has 6 nitrogen and oxygen atoms in total. The maximum absolute atomic E-state index is 12.0. The Kier molecular flexibility index (Phi) is 4.63. The number of thioether (sulfide) groups is 1. The number of carbonyl (C=O) groups excluding carboxylic acids is 3. The van der Waals surface area contributed by atoms with Crippen molar-refractivity contribution in [3.63, 3.8) is 0 Å². The van der Waals surface area contributed by atoms with Crippen LogP contribution in [-0.2, 0) is 9.59 Å². The van der Waals surface area contributed by atoms with Gasteiger partial charge in [-0.25, -0.2) is 0 Å². The van der Waals surface area contributed by atoms with Crippen LogP contribution < -0.4 is 16.2 Å². The van der Waals surface area contributed by atoms with Crippen LogP contribution >= 0.6 is 23.1 Å². The Morgan fingerprint density at radius 3 is 2.74 bits per heavy atom. The molecule has 3 N–H and O–H groups in total. The fourth-order valence-corrected chi connectivity index (χ4v) is 3.77. The van der Waals surface area contributed by atoms with Gasteiger partial charge in [-0.1, -0.05) is 18.2 Å². The highest BCUT2D eigenvalue weighted by atomic mass is 32.2. The van der Waals surface area contributed by atoms with Gasteiger partial charge in [0.05, 0.1) is 15.8 Å². The van der Waals surface area contributed by atoms with Gasteiger partial charge in [-0.15, -0.1) is 23.1 Å². The molecule has 1 atom stereocenters. The summed E-state index contributed by atoms with van der Waals surface area (Å²) in [6.07, 6.45) is -0.0183. The lowest BCUT2D eigenvalue weighted by atomic mass is 10.2. The van der Waals surface area contributed by atoms with E-state index in [0.717, 1.165) is 10.6 Å². The Morgan fingerprint density at radius 1 is 1.13 bits per heavy atom. The highest BCUT2D eigenvalue weighted by Gasteiger charge is 2.28. The lowest BCUT2D eigenvalue weighted by molar-refractivity contribution is -0.124. The summed E-state index contributed by atoms with van der Waals surface area (Å²) in [7, 11) is 0. The van der Waals surface area contributed by atoms with Crippen molar-refractivity contribution in [3.8, 4) is 0 Å². The number of hydrogen-bond acceptors (Lipinski definition) is 5. The molecule has 0 aliphatic carbocycles. The molecule has 0 unspecified atom stereocenters. The number of nitrogens with one attached hydrogen (secondary N) is 3. The third-order valence-electron chi connectivity index (χ3n) is 3.14. The monoisotopic (exact) mass is 347 g/mol. The normalized spacial score (nSPS) is 16.2. The fourth-order valence-electron chi connectivity index (χ4n) is 2.04. The van der Waals surface area contributed by atoms with Crippen molar-refractivity contribution < 1.29 is 14.4 Å². The summed E-state index contributed by atoms with van der Waals surface area (Å²) in [5, 5.41) is 4.03. The first-order valence-electron chi connectivity index (χ1n) is 6.83. The standard InChI is InChI=1S/C15H13N3O3S2/c19-13(17-18-15(21)11-6-3-7-22-11)8-12-14(20)16-9-4-1-2-5-10(9)23-12/h1-7,12H,8H2,(H,16,20)(H,17,19)(H,18,21)/t12-/m1/s1. The minimum absolute atomic E-state index is 0.0183. The summed E-state index contributed by atoms with van der Waals surface area (Å²) in [4.78, 5) is 37.1. The van der Waals surface area contributed by atoms with Crippen molar-refractivity contribution in [3.05, 3.63) is 46.7 Å². The number of fused-ring (bicyclic) bond motifs is 1. The average Bonchev–Trinajstić information content (AvgIpc) is 3.08. The lowest BCUT2D eigenvalue weighted by Crippen LogP contribution is -2.43. The van der Waals surface area contributed by atoms with E-state index >= 15 is 0 Å². The number of rotatable bonds is 3. The number of carbonyl (C=O) groups is 3. The second-order valence-electron chi connectivity index (χ2n) is 4.78. The van der Waals surface area contributed by atoms with E-state index in [1.165, 1.54) is 23.1 Å². The van der Waals surface area contributed by atoms with Crippen LogP contribution in [0.15, 0.2) is 46.7 Å². The Bertz CT molecular complexity index is 746. The Balaban J connectivity index is 1.54. The predicted octanol–water partition coefficient (Wildman–Crippen LogP) is 2.01. The predicted molar refractivity (Wildman–Crippen MR) is 89.3 cm³/mol. The molecule has 2 aromatic rings. The summed E-state index contributed by atoms with van der Waals surface area (Å²) in [6, 6.07) is 10.8. The van der Waals surface area contributed by atoms with Crippen molar-refractivity contribution in [1.82, 2.24) is 10.9 Å². The molecule has 1 aromatic heterocycles. The quantitative estimate of drug-likeness (QED) is 0.741. The van der Waals surface area contributed by atoms with Gasteiger partial charge in [0.1, 0.15) is 0 Å². The molecule has 23 heavy (non-hydrogen) atoms. The minimum Gasteiger partial charge on any atom is -0.324 e. The molecule has 3 rings (SSSR count). The fraction of sp³-hybridized carbons (Fsp3) is 0.133. The summed E-state index contributed by atoms with van der Waals surface area (Å²) in [5.41, 5.74) is 5.43. The Morgan fingerprint density at radius 2 is 1.96 bits per heavy atom. The first-order chi connectivity index (χ1) is 11.1. The molecule has 3 amide bonds. The van der Waals surface area contributed by atoms with Gasteiger partial charge in [0.25, 0.3) is 5.91 Å². The van der Waals surface area contributed by atoms with Crippen molar-refractivity contribution in [2.45, 2.75) is 16.6 Å².